The number of fused-ring (bicyclic) bond motifs is 1. The third-order valence-electron chi connectivity index (χ3n) is 3.00. The Balaban J connectivity index is 2.14. The fourth-order valence-corrected chi connectivity index (χ4v) is 1.99. The van der Waals surface area contributed by atoms with E-state index in [1.165, 1.54) is 6.08 Å². The number of hydrogen-bond donors (Lipinski definition) is 3. The molecule has 2 amide bonds. The molecule has 1 aliphatic heterocycles. The zero-order valence-electron chi connectivity index (χ0n) is 10.7. The van der Waals surface area contributed by atoms with Gasteiger partial charge in [-0.2, -0.15) is 0 Å². The van der Waals surface area contributed by atoms with Crippen molar-refractivity contribution in [1.29, 1.82) is 0 Å². The largest absolute Gasteiger partial charge is 0.480 e. The lowest BCUT2D eigenvalue weighted by Crippen LogP contribution is -2.40. The molecule has 104 valence electrons. The summed E-state index contributed by atoms with van der Waals surface area (Å²) >= 11 is 0. The summed E-state index contributed by atoms with van der Waals surface area (Å²) in [7, 11) is 0. The van der Waals surface area contributed by atoms with E-state index in [0.29, 0.717) is 17.7 Å². The van der Waals surface area contributed by atoms with Crippen LogP contribution in [0.2, 0.25) is 0 Å². The van der Waals surface area contributed by atoms with Crippen LogP contribution in [0, 0.1) is 0 Å². The van der Waals surface area contributed by atoms with Crippen LogP contribution >= 0.6 is 0 Å². The quantitative estimate of drug-likeness (QED) is 0.696. The van der Waals surface area contributed by atoms with Gasteiger partial charge in [0.05, 0.1) is 6.42 Å². The number of benzene rings is 1. The summed E-state index contributed by atoms with van der Waals surface area (Å²) in [4.78, 5) is 34.2. The molecule has 0 bridgehead atoms. The Labute approximate surface area is 115 Å². The smallest absolute Gasteiger partial charge is 0.326 e. The van der Waals surface area contributed by atoms with E-state index >= 15 is 0 Å². The normalized spacial score (nSPS) is 14.1. The predicted molar refractivity (Wildman–Crippen MR) is 72.5 cm³/mol. The monoisotopic (exact) mass is 274 g/mol. The minimum absolute atomic E-state index is 0.118. The molecule has 1 aromatic carbocycles. The van der Waals surface area contributed by atoms with E-state index in [1.807, 2.05) is 0 Å². The van der Waals surface area contributed by atoms with Crippen LogP contribution in [0.5, 0.6) is 0 Å². The second kappa shape index (κ2) is 5.56. The number of anilines is 1. The van der Waals surface area contributed by atoms with Crippen LogP contribution in [0.3, 0.4) is 0 Å². The first-order chi connectivity index (χ1) is 9.51. The van der Waals surface area contributed by atoms with Crippen LogP contribution in [0.1, 0.15) is 22.3 Å². The lowest BCUT2D eigenvalue weighted by atomic mass is 10.1. The van der Waals surface area contributed by atoms with Crippen molar-refractivity contribution in [2.75, 3.05) is 5.32 Å². The van der Waals surface area contributed by atoms with Crippen molar-refractivity contribution in [2.45, 2.75) is 18.9 Å². The molecular weight excluding hydrogens is 260 g/mol. The standard InChI is InChI=1S/C14H14N2O4/c1-2-3-10(14(19)20)16-13(18)9-5-4-8-7-12(17)15-11(8)6-9/h2,4-6,10H,1,3,7H2,(H,15,17)(H,16,18)(H,19,20). The minimum atomic E-state index is -1.12. The maximum atomic E-state index is 12.0. The average molecular weight is 274 g/mol. The third kappa shape index (κ3) is 2.85. The van der Waals surface area contributed by atoms with E-state index in [9.17, 15) is 14.4 Å². The summed E-state index contributed by atoms with van der Waals surface area (Å²) in [6, 6.07) is 3.79. The van der Waals surface area contributed by atoms with Crippen LogP contribution in [0.4, 0.5) is 5.69 Å². The number of aliphatic carboxylic acids is 1. The fraction of sp³-hybridized carbons (Fsp3) is 0.214. The van der Waals surface area contributed by atoms with Crippen LogP contribution < -0.4 is 10.6 Å². The van der Waals surface area contributed by atoms with Gasteiger partial charge in [0.2, 0.25) is 5.91 Å². The lowest BCUT2D eigenvalue weighted by Gasteiger charge is -2.13. The minimum Gasteiger partial charge on any atom is -0.480 e. The summed E-state index contributed by atoms with van der Waals surface area (Å²) in [6.07, 6.45) is 1.87. The van der Waals surface area contributed by atoms with Crippen LogP contribution in [-0.2, 0) is 16.0 Å². The highest BCUT2D eigenvalue weighted by Crippen LogP contribution is 2.24. The van der Waals surface area contributed by atoms with Gasteiger partial charge < -0.3 is 15.7 Å². The first-order valence-corrected chi connectivity index (χ1v) is 6.08. The summed E-state index contributed by atoms with van der Waals surface area (Å²) in [5, 5.41) is 14.0. The maximum absolute atomic E-state index is 12.0. The fourth-order valence-electron chi connectivity index (χ4n) is 1.99. The second-order valence-electron chi connectivity index (χ2n) is 4.49. The Morgan fingerprint density at radius 1 is 1.50 bits per heavy atom. The van der Waals surface area contributed by atoms with Gasteiger partial charge in [-0.25, -0.2) is 4.79 Å². The average Bonchev–Trinajstić information content (AvgIpc) is 2.76. The molecule has 3 N–H and O–H groups in total. The molecule has 6 heteroatoms. The topological polar surface area (TPSA) is 95.5 Å². The molecule has 2 rings (SSSR count). The van der Waals surface area contributed by atoms with E-state index < -0.39 is 17.9 Å². The maximum Gasteiger partial charge on any atom is 0.326 e. The van der Waals surface area contributed by atoms with Crippen molar-refractivity contribution >= 4 is 23.5 Å². The molecule has 1 heterocycles. The number of amides is 2. The molecule has 6 nitrogen and oxygen atoms in total. The van der Waals surface area contributed by atoms with E-state index in [4.69, 9.17) is 5.11 Å². The number of nitrogens with one attached hydrogen (secondary N) is 2. The molecule has 1 aromatic rings. The Kier molecular flexibility index (Phi) is 3.84. The lowest BCUT2D eigenvalue weighted by molar-refractivity contribution is -0.139. The van der Waals surface area contributed by atoms with E-state index in [1.54, 1.807) is 18.2 Å². The first kappa shape index (κ1) is 13.8. The Bertz CT molecular complexity index is 595. The molecule has 0 aliphatic carbocycles. The van der Waals surface area contributed by atoms with Gasteiger partial charge in [-0.15, -0.1) is 6.58 Å². The number of carboxylic acids is 1. The van der Waals surface area contributed by atoms with Crippen molar-refractivity contribution < 1.29 is 19.5 Å². The van der Waals surface area contributed by atoms with Crippen LogP contribution in [-0.4, -0.2) is 28.9 Å². The van der Waals surface area contributed by atoms with Gasteiger partial charge in [0.15, 0.2) is 0 Å². The molecule has 0 aromatic heterocycles. The van der Waals surface area contributed by atoms with Crippen LogP contribution in [0.15, 0.2) is 30.9 Å². The van der Waals surface area contributed by atoms with Gasteiger partial charge in [-0.3, -0.25) is 9.59 Å². The molecule has 0 spiro atoms. The van der Waals surface area contributed by atoms with Gasteiger partial charge in [0.1, 0.15) is 6.04 Å². The van der Waals surface area contributed by atoms with Gasteiger partial charge >= 0.3 is 5.97 Å². The molecule has 0 fully saturated rings. The van der Waals surface area contributed by atoms with Gasteiger partial charge in [-0.1, -0.05) is 12.1 Å². The highest BCUT2D eigenvalue weighted by Gasteiger charge is 2.22. The molecule has 0 saturated carbocycles. The number of hydrogen-bond acceptors (Lipinski definition) is 3. The van der Waals surface area contributed by atoms with Gasteiger partial charge in [0.25, 0.3) is 5.91 Å². The zero-order chi connectivity index (χ0) is 14.7. The highest BCUT2D eigenvalue weighted by molar-refractivity contribution is 6.02. The number of carboxylic acid groups (broad SMARTS) is 1. The second-order valence-corrected chi connectivity index (χ2v) is 4.49. The Morgan fingerprint density at radius 3 is 2.90 bits per heavy atom. The molecule has 20 heavy (non-hydrogen) atoms. The van der Waals surface area contributed by atoms with E-state index in [2.05, 4.69) is 17.2 Å². The molecule has 1 aliphatic rings. The SMILES string of the molecule is C=CCC(NC(=O)c1ccc2c(c1)NC(=O)C2)C(=O)O. The number of carbonyl (C=O) groups is 3. The Morgan fingerprint density at radius 2 is 2.25 bits per heavy atom. The Hall–Kier alpha value is -2.63. The molecular formula is C14H14N2O4. The van der Waals surface area contributed by atoms with Gasteiger partial charge in [0, 0.05) is 11.3 Å². The summed E-state index contributed by atoms with van der Waals surface area (Å²) in [5.41, 5.74) is 1.73. The molecule has 0 radical (unpaired) electrons. The summed E-state index contributed by atoms with van der Waals surface area (Å²) in [6.45, 7) is 3.46. The first-order valence-electron chi connectivity index (χ1n) is 6.08. The van der Waals surface area contributed by atoms with Crippen molar-refractivity contribution in [1.82, 2.24) is 5.32 Å². The van der Waals surface area contributed by atoms with Crippen molar-refractivity contribution in [3.05, 3.63) is 42.0 Å². The predicted octanol–water partition coefficient (Wildman–Crippen LogP) is 0.940. The molecule has 1 unspecified atom stereocenters. The molecule has 0 saturated heterocycles. The molecule has 1 atom stereocenters. The highest BCUT2D eigenvalue weighted by atomic mass is 16.4. The summed E-state index contributed by atoms with van der Waals surface area (Å²) < 4.78 is 0. The number of rotatable bonds is 5. The van der Waals surface area contributed by atoms with Gasteiger partial charge in [-0.05, 0) is 24.1 Å². The van der Waals surface area contributed by atoms with Crippen molar-refractivity contribution in [3.8, 4) is 0 Å². The third-order valence-corrected chi connectivity index (χ3v) is 3.00. The van der Waals surface area contributed by atoms with Crippen LogP contribution in [0.25, 0.3) is 0 Å². The number of carbonyl (C=O) groups excluding carboxylic acids is 2. The van der Waals surface area contributed by atoms with E-state index in [0.717, 1.165) is 5.56 Å². The zero-order valence-corrected chi connectivity index (χ0v) is 10.7. The van der Waals surface area contributed by atoms with Crippen molar-refractivity contribution in [3.63, 3.8) is 0 Å². The van der Waals surface area contributed by atoms with Crippen molar-refractivity contribution in [2.24, 2.45) is 0 Å². The van der Waals surface area contributed by atoms with E-state index in [-0.39, 0.29) is 12.3 Å². The summed E-state index contributed by atoms with van der Waals surface area (Å²) in [5.74, 6) is -1.73.